The van der Waals surface area contributed by atoms with Crippen molar-refractivity contribution in [1.29, 1.82) is 0 Å². The Hall–Kier alpha value is -2.18. The molecule has 0 aliphatic carbocycles. The first kappa shape index (κ1) is 16.7. The summed E-state index contributed by atoms with van der Waals surface area (Å²) in [6, 6.07) is 12.3. The summed E-state index contributed by atoms with van der Waals surface area (Å²) in [6.07, 6.45) is 2.11. The number of nitrogens with zero attached hydrogens (tertiary/aromatic N) is 4. The molecular weight excluding hydrogens is 304 g/mol. The Bertz CT molecular complexity index is 654. The van der Waals surface area contributed by atoms with Crippen LogP contribution < -0.4 is 9.64 Å². The van der Waals surface area contributed by atoms with E-state index in [-0.39, 0.29) is 0 Å². The third kappa shape index (κ3) is 3.49. The highest BCUT2D eigenvalue weighted by Gasteiger charge is 2.23. The molecule has 0 saturated carbocycles. The second kappa shape index (κ2) is 7.59. The highest BCUT2D eigenvalue weighted by atomic mass is 16.7. The molecule has 1 aliphatic heterocycles. The minimum Gasteiger partial charge on any atom is -0.496 e. The highest BCUT2D eigenvalue weighted by molar-refractivity contribution is 5.67. The summed E-state index contributed by atoms with van der Waals surface area (Å²) in [4.78, 5) is 7.50. The van der Waals surface area contributed by atoms with E-state index < -0.39 is 0 Å². The molecule has 0 N–H and O–H groups in total. The summed E-state index contributed by atoms with van der Waals surface area (Å²) in [6.45, 7) is 1.89. The van der Waals surface area contributed by atoms with E-state index >= 15 is 0 Å². The van der Waals surface area contributed by atoms with Gasteiger partial charge in [-0.1, -0.05) is 12.1 Å². The van der Waals surface area contributed by atoms with Gasteiger partial charge in [0.05, 0.1) is 19.9 Å². The van der Waals surface area contributed by atoms with Gasteiger partial charge < -0.3 is 14.5 Å². The zero-order chi connectivity index (χ0) is 16.9. The molecule has 6 nitrogen and oxygen atoms in total. The van der Waals surface area contributed by atoms with E-state index in [1.165, 1.54) is 0 Å². The monoisotopic (exact) mass is 328 g/mol. The van der Waals surface area contributed by atoms with Crippen molar-refractivity contribution in [2.24, 2.45) is 0 Å². The summed E-state index contributed by atoms with van der Waals surface area (Å²) in [7, 11) is 5.48. The lowest BCUT2D eigenvalue weighted by atomic mass is 10.1. The van der Waals surface area contributed by atoms with Crippen LogP contribution in [0.25, 0.3) is 11.3 Å². The molecule has 0 atom stereocenters. The van der Waals surface area contributed by atoms with Crippen molar-refractivity contribution < 1.29 is 9.57 Å². The van der Waals surface area contributed by atoms with Gasteiger partial charge in [-0.3, -0.25) is 0 Å². The maximum absolute atomic E-state index is 5.40. The normalized spacial score (nSPS) is 16.1. The molecule has 24 heavy (non-hydrogen) atoms. The molecule has 2 aromatic rings. The Morgan fingerprint density at radius 1 is 1.04 bits per heavy atom. The molecule has 1 saturated heterocycles. The number of ether oxygens (including phenoxy) is 1. The van der Waals surface area contributed by atoms with Crippen LogP contribution in [0.1, 0.15) is 12.8 Å². The van der Waals surface area contributed by atoms with Crippen molar-refractivity contribution >= 4 is 5.82 Å². The summed E-state index contributed by atoms with van der Waals surface area (Å²) in [5.41, 5.74) is 1.77. The van der Waals surface area contributed by atoms with Crippen molar-refractivity contribution in [3.05, 3.63) is 36.4 Å². The number of methoxy groups -OCH3 is 1. The van der Waals surface area contributed by atoms with Crippen molar-refractivity contribution in [1.82, 2.24) is 15.3 Å². The Kier molecular flexibility index (Phi) is 5.27. The molecule has 1 aromatic carbocycles. The van der Waals surface area contributed by atoms with Gasteiger partial charge in [-0.15, -0.1) is 10.2 Å². The molecule has 0 spiro atoms. The second-order valence-corrected chi connectivity index (χ2v) is 5.93. The quantitative estimate of drug-likeness (QED) is 0.841. The minimum absolute atomic E-state index is 0.461. The number of hydrogen-bond donors (Lipinski definition) is 0. The van der Waals surface area contributed by atoms with E-state index in [0.717, 1.165) is 48.8 Å². The molecular formula is C18H24N4O2. The first-order valence-corrected chi connectivity index (χ1v) is 8.22. The van der Waals surface area contributed by atoms with Crippen LogP contribution in [0.4, 0.5) is 5.82 Å². The first-order valence-electron chi connectivity index (χ1n) is 8.22. The molecule has 3 rings (SSSR count). The second-order valence-electron chi connectivity index (χ2n) is 5.93. The minimum atomic E-state index is 0.461. The van der Waals surface area contributed by atoms with E-state index in [9.17, 15) is 0 Å². The van der Waals surface area contributed by atoms with Gasteiger partial charge in [0, 0.05) is 31.7 Å². The highest BCUT2D eigenvalue weighted by Crippen LogP contribution is 2.28. The van der Waals surface area contributed by atoms with Gasteiger partial charge in [-0.2, -0.15) is 5.06 Å². The lowest BCUT2D eigenvalue weighted by molar-refractivity contribution is -0.143. The fourth-order valence-electron chi connectivity index (χ4n) is 3.11. The van der Waals surface area contributed by atoms with Crippen LogP contribution in [-0.4, -0.2) is 55.7 Å². The van der Waals surface area contributed by atoms with Crippen LogP contribution in [0.5, 0.6) is 5.75 Å². The average Bonchev–Trinajstić information content (AvgIpc) is 2.67. The molecule has 1 fully saturated rings. The van der Waals surface area contributed by atoms with E-state index in [1.54, 1.807) is 14.2 Å². The van der Waals surface area contributed by atoms with E-state index in [4.69, 9.17) is 9.57 Å². The lowest BCUT2D eigenvalue weighted by Gasteiger charge is -2.35. The van der Waals surface area contributed by atoms with Crippen molar-refractivity contribution in [3.8, 4) is 17.0 Å². The molecule has 0 amide bonds. The van der Waals surface area contributed by atoms with Gasteiger partial charge in [0.25, 0.3) is 0 Å². The molecule has 6 heteroatoms. The van der Waals surface area contributed by atoms with Crippen molar-refractivity contribution in [3.63, 3.8) is 0 Å². The molecule has 1 aliphatic rings. The van der Waals surface area contributed by atoms with Crippen LogP contribution in [0.3, 0.4) is 0 Å². The lowest BCUT2D eigenvalue weighted by Crippen LogP contribution is -2.43. The van der Waals surface area contributed by atoms with E-state index in [0.29, 0.717) is 6.04 Å². The van der Waals surface area contributed by atoms with Gasteiger partial charge in [-0.05, 0) is 37.1 Å². The number of benzene rings is 1. The standard InChI is InChI=1S/C18H24N4O2/c1-21(14-10-12-22(24-3)13-11-14)18-9-8-16(19-20-18)15-6-4-5-7-17(15)23-2/h4-9,14H,10-13H2,1-3H3. The van der Waals surface area contributed by atoms with Gasteiger partial charge in [0.1, 0.15) is 5.75 Å². The van der Waals surface area contributed by atoms with Crippen molar-refractivity contribution in [2.75, 3.05) is 39.3 Å². The zero-order valence-electron chi connectivity index (χ0n) is 14.5. The Labute approximate surface area is 143 Å². The number of hydrogen-bond acceptors (Lipinski definition) is 6. The Balaban J connectivity index is 1.72. The number of hydroxylamine groups is 2. The Morgan fingerprint density at radius 2 is 1.79 bits per heavy atom. The maximum Gasteiger partial charge on any atom is 0.151 e. The summed E-state index contributed by atoms with van der Waals surface area (Å²) >= 11 is 0. The molecule has 0 unspecified atom stereocenters. The van der Waals surface area contributed by atoms with Crippen LogP contribution in [0.15, 0.2) is 36.4 Å². The summed E-state index contributed by atoms with van der Waals surface area (Å²) < 4.78 is 5.40. The predicted octanol–water partition coefficient (Wildman–Crippen LogP) is 2.61. The summed E-state index contributed by atoms with van der Waals surface area (Å²) in [5, 5.41) is 10.8. The van der Waals surface area contributed by atoms with Gasteiger partial charge in [0.15, 0.2) is 5.82 Å². The largest absolute Gasteiger partial charge is 0.496 e. The number of aromatic nitrogens is 2. The molecule has 128 valence electrons. The van der Waals surface area contributed by atoms with Crippen LogP contribution >= 0.6 is 0 Å². The van der Waals surface area contributed by atoms with Gasteiger partial charge in [0.2, 0.25) is 0 Å². The van der Waals surface area contributed by atoms with Gasteiger partial charge in [-0.25, -0.2) is 0 Å². The topological polar surface area (TPSA) is 50.7 Å². The fraction of sp³-hybridized carbons (Fsp3) is 0.444. The van der Waals surface area contributed by atoms with E-state index in [1.807, 2.05) is 41.5 Å². The number of rotatable bonds is 5. The molecule has 0 radical (unpaired) electrons. The smallest absolute Gasteiger partial charge is 0.151 e. The number of para-hydroxylation sites is 1. The fourth-order valence-corrected chi connectivity index (χ4v) is 3.11. The van der Waals surface area contributed by atoms with Gasteiger partial charge >= 0.3 is 0 Å². The molecule has 2 heterocycles. The number of piperidine rings is 1. The van der Waals surface area contributed by atoms with Crippen LogP contribution in [0, 0.1) is 0 Å². The SMILES string of the molecule is COc1ccccc1-c1ccc(N(C)C2CCN(OC)CC2)nn1. The average molecular weight is 328 g/mol. The molecule has 1 aromatic heterocycles. The van der Waals surface area contributed by atoms with Crippen LogP contribution in [0.2, 0.25) is 0 Å². The van der Waals surface area contributed by atoms with Crippen LogP contribution in [-0.2, 0) is 4.84 Å². The van der Waals surface area contributed by atoms with E-state index in [2.05, 4.69) is 22.1 Å². The van der Waals surface area contributed by atoms with Crippen molar-refractivity contribution in [2.45, 2.75) is 18.9 Å². The first-order chi connectivity index (χ1) is 11.7. The zero-order valence-corrected chi connectivity index (χ0v) is 14.5. The summed E-state index contributed by atoms with van der Waals surface area (Å²) in [5.74, 6) is 1.70. The third-order valence-electron chi connectivity index (χ3n) is 4.62. The predicted molar refractivity (Wildman–Crippen MR) is 94.0 cm³/mol. The maximum atomic E-state index is 5.40. The molecule has 0 bridgehead atoms. The number of anilines is 1. The Morgan fingerprint density at radius 3 is 2.42 bits per heavy atom. The third-order valence-corrected chi connectivity index (χ3v) is 4.62.